The van der Waals surface area contributed by atoms with Crippen LogP contribution in [0, 0.1) is 0 Å². The van der Waals surface area contributed by atoms with Crippen LogP contribution in [-0.2, 0) is 4.79 Å². The highest BCUT2D eigenvalue weighted by molar-refractivity contribution is 5.94. The molecule has 0 N–H and O–H groups in total. The molecule has 0 unspecified atom stereocenters. The smallest absolute Gasteiger partial charge is 0.214 e. The molecular formula is C21H19NO3. The van der Waals surface area contributed by atoms with Gasteiger partial charge < -0.3 is 9.64 Å². The lowest BCUT2D eigenvalue weighted by atomic mass is 10.1. The van der Waals surface area contributed by atoms with E-state index >= 15 is 0 Å². The van der Waals surface area contributed by atoms with Crippen LogP contribution in [0.25, 0.3) is 10.8 Å². The van der Waals surface area contributed by atoms with Crippen LogP contribution >= 0.6 is 0 Å². The molecule has 126 valence electrons. The number of ketones is 1. The highest BCUT2D eigenvalue weighted by Crippen LogP contribution is 2.21. The monoisotopic (exact) mass is 333 g/mol. The molecular weight excluding hydrogens is 314 g/mol. The van der Waals surface area contributed by atoms with Gasteiger partial charge in [0.25, 0.3) is 0 Å². The quantitative estimate of drug-likeness (QED) is 0.483. The van der Waals surface area contributed by atoms with E-state index in [9.17, 15) is 9.59 Å². The van der Waals surface area contributed by atoms with Crippen molar-refractivity contribution in [1.29, 1.82) is 0 Å². The second kappa shape index (κ2) is 7.62. The molecule has 0 aromatic heterocycles. The summed E-state index contributed by atoms with van der Waals surface area (Å²) in [6.07, 6.45) is 0.770. The van der Waals surface area contributed by atoms with E-state index in [-0.39, 0.29) is 5.78 Å². The van der Waals surface area contributed by atoms with Crippen molar-refractivity contribution in [2.45, 2.75) is 6.92 Å². The summed E-state index contributed by atoms with van der Waals surface area (Å²) in [7, 11) is 0. The van der Waals surface area contributed by atoms with Crippen LogP contribution in [0.5, 0.6) is 5.75 Å². The number of amides is 1. The summed E-state index contributed by atoms with van der Waals surface area (Å²) in [6.45, 7) is 2.32. The van der Waals surface area contributed by atoms with Crippen LogP contribution in [0.4, 0.5) is 5.69 Å². The highest BCUT2D eigenvalue weighted by atomic mass is 16.5. The van der Waals surface area contributed by atoms with E-state index in [2.05, 4.69) is 6.07 Å². The van der Waals surface area contributed by atoms with Gasteiger partial charge >= 0.3 is 0 Å². The Hall–Kier alpha value is -3.14. The summed E-state index contributed by atoms with van der Waals surface area (Å²) in [5.41, 5.74) is 1.36. The Bertz CT molecular complexity index is 887. The molecule has 4 heteroatoms. The minimum atomic E-state index is 0.00356. The van der Waals surface area contributed by atoms with E-state index in [0.717, 1.165) is 28.6 Å². The first-order valence-corrected chi connectivity index (χ1v) is 8.12. The number of rotatable bonds is 7. The summed E-state index contributed by atoms with van der Waals surface area (Å²) in [5.74, 6) is 0.778. The molecule has 0 fully saturated rings. The van der Waals surface area contributed by atoms with Gasteiger partial charge in [0.05, 0.1) is 6.54 Å². The van der Waals surface area contributed by atoms with Gasteiger partial charge in [0.2, 0.25) is 6.41 Å². The molecule has 0 aliphatic rings. The maximum Gasteiger partial charge on any atom is 0.214 e. The molecule has 3 aromatic rings. The van der Waals surface area contributed by atoms with Crippen LogP contribution in [-0.4, -0.2) is 25.3 Å². The van der Waals surface area contributed by atoms with Crippen molar-refractivity contribution in [2.24, 2.45) is 0 Å². The largest absolute Gasteiger partial charge is 0.492 e. The third-order valence-corrected chi connectivity index (χ3v) is 4.05. The number of carbonyl (C=O) groups excluding carboxylic acids is 2. The fourth-order valence-electron chi connectivity index (χ4n) is 2.65. The molecule has 25 heavy (non-hydrogen) atoms. The van der Waals surface area contributed by atoms with Crippen molar-refractivity contribution >= 4 is 28.7 Å². The number of Topliss-reactive ketones (excluding diaryl/α,β-unsaturated/α-hetero) is 1. The first-order chi connectivity index (χ1) is 12.2. The molecule has 1 amide bonds. The molecule has 4 nitrogen and oxygen atoms in total. The van der Waals surface area contributed by atoms with Gasteiger partial charge in [-0.25, -0.2) is 0 Å². The molecule has 0 radical (unpaired) electrons. The van der Waals surface area contributed by atoms with Gasteiger partial charge in [0, 0.05) is 11.3 Å². The minimum absolute atomic E-state index is 0.00356. The molecule has 0 spiro atoms. The number of nitrogens with zero attached hydrogens (tertiary/aromatic N) is 1. The van der Waals surface area contributed by atoms with E-state index < -0.39 is 0 Å². The summed E-state index contributed by atoms with van der Waals surface area (Å²) < 4.78 is 5.78. The molecule has 0 atom stereocenters. The van der Waals surface area contributed by atoms with Gasteiger partial charge in [-0.3, -0.25) is 9.59 Å². The predicted octanol–water partition coefficient (Wildman–Crippen LogP) is 4.08. The number of hydrogen-bond acceptors (Lipinski definition) is 3. The van der Waals surface area contributed by atoms with Crippen LogP contribution < -0.4 is 9.64 Å². The van der Waals surface area contributed by atoms with Crippen LogP contribution in [0.3, 0.4) is 0 Å². The number of carbonyl (C=O) groups is 2. The third kappa shape index (κ3) is 4.04. The first kappa shape index (κ1) is 16.7. The summed E-state index contributed by atoms with van der Waals surface area (Å²) in [4.78, 5) is 24.2. The van der Waals surface area contributed by atoms with Crippen molar-refractivity contribution in [3.8, 4) is 5.75 Å². The van der Waals surface area contributed by atoms with Crippen molar-refractivity contribution in [2.75, 3.05) is 18.1 Å². The lowest BCUT2D eigenvalue weighted by molar-refractivity contribution is -0.107. The number of fused-ring (bicyclic) bond motifs is 1. The van der Waals surface area contributed by atoms with E-state index in [1.807, 2.05) is 36.4 Å². The molecule has 3 aromatic carbocycles. The van der Waals surface area contributed by atoms with Gasteiger partial charge in [0.15, 0.2) is 5.78 Å². The molecule has 3 rings (SSSR count). The Labute approximate surface area is 146 Å². The maximum atomic E-state index is 11.3. The fraction of sp³-hybridized carbons (Fsp3) is 0.143. The number of benzene rings is 3. The summed E-state index contributed by atoms with van der Waals surface area (Å²) in [6, 6.07) is 21.0. The Morgan fingerprint density at radius 1 is 1.00 bits per heavy atom. The fourth-order valence-corrected chi connectivity index (χ4v) is 2.65. The van der Waals surface area contributed by atoms with Crippen molar-refractivity contribution in [3.63, 3.8) is 0 Å². The summed E-state index contributed by atoms with van der Waals surface area (Å²) >= 11 is 0. The Morgan fingerprint density at radius 2 is 1.72 bits per heavy atom. The van der Waals surface area contributed by atoms with Gasteiger partial charge in [-0.15, -0.1) is 0 Å². The Kier molecular flexibility index (Phi) is 5.09. The van der Waals surface area contributed by atoms with Crippen molar-refractivity contribution < 1.29 is 14.3 Å². The minimum Gasteiger partial charge on any atom is -0.492 e. The number of anilines is 1. The van der Waals surface area contributed by atoms with Gasteiger partial charge in [-0.1, -0.05) is 30.3 Å². The zero-order valence-electron chi connectivity index (χ0n) is 14.0. The zero-order chi connectivity index (χ0) is 17.6. The molecule has 0 aliphatic carbocycles. The maximum absolute atomic E-state index is 11.3. The lowest BCUT2D eigenvalue weighted by Crippen LogP contribution is -2.26. The molecule has 0 heterocycles. The molecule has 0 aliphatic heterocycles. The number of hydrogen-bond donors (Lipinski definition) is 0. The SMILES string of the molecule is CC(=O)c1ccc(N(C=O)CCOc2ccc3ccccc3c2)cc1. The second-order valence-electron chi connectivity index (χ2n) is 5.76. The normalized spacial score (nSPS) is 10.4. The highest BCUT2D eigenvalue weighted by Gasteiger charge is 2.07. The zero-order valence-corrected chi connectivity index (χ0v) is 14.0. The standard InChI is InChI=1S/C21H19NO3/c1-16(24)17-6-9-20(10-7-17)22(15-23)12-13-25-21-11-8-18-4-2-3-5-19(18)14-21/h2-11,14-15H,12-13H2,1H3. The summed E-state index contributed by atoms with van der Waals surface area (Å²) in [5, 5.41) is 2.28. The lowest BCUT2D eigenvalue weighted by Gasteiger charge is -2.18. The van der Waals surface area contributed by atoms with Crippen molar-refractivity contribution in [3.05, 3.63) is 72.3 Å². The molecule has 0 saturated heterocycles. The second-order valence-corrected chi connectivity index (χ2v) is 5.76. The Balaban J connectivity index is 1.62. The van der Waals surface area contributed by atoms with E-state index in [0.29, 0.717) is 18.7 Å². The van der Waals surface area contributed by atoms with Gasteiger partial charge in [-0.2, -0.15) is 0 Å². The first-order valence-electron chi connectivity index (χ1n) is 8.12. The number of ether oxygens (including phenoxy) is 1. The average molecular weight is 333 g/mol. The molecule has 0 bridgehead atoms. The topological polar surface area (TPSA) is 46.6 Å². The van der Waals surface area contributed by atoms with Crippen LogP contribution in [0.15, 0.2) is 66.7 Å². The predicted molar refractivity (Wildman–Crippen MR) is 99.3 cm³/mol. The van der Waals surface area contributed by atoms with Crippen molar-refractivity contribution in [1.82, 2.24) is 0 Å². The molecule has 0 saturated carbocycles. The van der Waals surface area contributed by atoms with E-state index in [1.54, 1.807) is 29.2 Å². The average Bonchev–Trinajstić information content (AvgIpc) is 2.65. The van der Waals surface area contributed by atoms with E-state index in [4.69, 9.17) is 4.74 Å². The van der Waals surface area contributed by atoms with Gasteiger partial charge in [0.1, 0.15) is 12.4 Å². The Morgan fingerprint density at radius 3 is 2.40 bits per heavy atom. The van der Waals surface area contributed by atoms with Crippen LogP contribution in [0.2, 0.25) is 0 Å². The van der Waals surface area contributed by atoms with Gasteiger partial charge in [-0.05, 0) is 54.1 Å². The van der Waals surface area contributed by atoms with E-state index in [1.165, 1.54) is 6.92 Å². The third-order valence-electron chi connectivity index (χ3n) is 4.05. The van der Waals surface area contributed by atoms with Crippen LogP contribution in [0.1, 0.15) is 17.3 Å².